The highest BCUT2D eigenvalue weighted by Gasteiger charge is 2.27. The Kier molecular flexibility index (Phi) is 6.99. The summed E-state index contributed by atoms with van der Waals surface area (Å²) in [5.41, 5.74) is 7.47. The lowest BCUT2D eigenvalue weighted by molar-refractivity contribution is -0.127. The number of carbonyl (C=O) groups excluding carboxylic acids is 2. The molecule has 1 fully saturated rings. The summed E-state index contributed by atoms with van der Waals surface area (Å²) in [5, 5.41) is 7.85. The predicted octanol–water partition coefficient (Wildman–Crippen LogP) is 3.54. The molecule has 1 aliphatic heterocycles. The van der Waals surface area contributed by atoms with Crippen LogP contribution >= 0.6 is 0 Å². The number of nitrogens with zero attached hydrogens (tertiary/aromatic N) is 5. The Morgan fingerprint density at radius 3 is 2.76 bits per heavy atom. The van der Waals surface area contributed by atoms with Crippen molar-refractivity contribution in [1.29, 1.82) is 0 Å². The molecule has 10 heteroatoms. The van der Waals surface area contributed by atoms with Crippen molar-refractivity contribution in [2.75, 3.05) is 24.1 Å². The molecule has 2 amide bonds. The Morgan fingerprint density at radius 1 is 1.13 bits per heavy atom. The number of likely N-dealkylation sites (tertiary alicyclic amines) is 1. The largest absolute Gasteiger partial charge is 0.457 e. The van der Waals surface area contributed by atoms with Gasteiger partial charge in [0.1, 0.15) is 29.3 Å². The van der Waals surface area contributed by atoms with Gasteiger partial charge < -0.3 is 20.7 Å². The first-order chi connectivity index (χ1) is 18.5. The van der Waals surface area contributed by atoms with Crippen molar-refractivity contribution in [3.8, 4) is 23.3 Å². The molecule has 2 aromatic heterocycles. The van der Waals surface area contributed by atoms with Gasteiger partial charge in [-0.2, -0.15) is 5.10 Å². The van der Waals surface area contributed by atoms with E-state index >= 15 is 0 Å². The summed E-state index contributed by atoms with van der Waals surface area (Å²) in [4.78, 5) is 35.0. The van der Waals surface area contributed by atoms with Gasteiger partial charge in [0.25, 0.3) is 0 Å². The monoisotopic (exact) mass is 507 g/mol. The van der Waals surface area contributed by atoms with E-state index < -0.39 is 5.91 Å². The van der Waals surface area contributed by atoms with Gasteiger partial charge in [-0.15, -0.1) is 0 Å². The Morgan fingerprint density at radius 2 is 1.95 bits per heavy atom. The maximum atomic E-state index is 12.7. The lowest BCUT2D eigenvalue weighted by atomic mass is 10.1. The third kappa shape index (κ3) is 5.32. The normalized spacial score (nSPS) is 14.8. The van der Waals surface area contributed by atoms with Gasteiger partial charge in [-0.05, 0) is 49.1 Å². The van der Waals surface area contributed by atoms with Gasteiger partial charge in [-0.1, -0.05) is 30.8 Å². The summed E-state index contributed by atoms with van der Waals surface area (Å²) in [5.74, 6) is 6.23. The zero-order valence-electron chi connectivity index (χ0n) is 20.5. The molecule has 3 heterocycles. The molecule has 0 saturated carbocycles. The van der Waals surface area contributed by atoms with Gasteiger partial charge in [0.05, 0.1) is 11.4 Å². The summed E-state index contributed by atoms with van der Waals surface area (Å²) >= 11 is 0. The summed E-state index contributed by atoms with van der Waals surface area (Å²) in [6.07, 6.45) is 4.28. The Hall–Kier alpha value is -5.17. The van der Waals surface area contributed by atoms with E-state index in [4.69, 9.17) is 10.5 Å². The molecule has 1 saturated heterocycles. The van der Waals surface area contributed by atoms with Crippen molar-refractivity contribution in [2.45, 2.75) is 18.9 Å². The molecule has 38 heavy (non-hydrogen) atoms. The molecule has 1 atom stereocenters. The van der Waals surface area contributed by atoms with E-state index in [1.54, 1.807) is 33.8 Å². The molecule has 4 aromatic rings. The van der Waals surface area contributed by atoms with Gasteiger partial charge in [-0.3, -0.25) is 9.59 Å². The molecule has 5 rings (SSSR count). The fourth-order valence-electron chi connectivity index (χ4n) is 4.36. The van der Waals surface area contributed by atoms with Crippen molar-refractivity contribution in [3.05, 3.63) is 79.3 Å². The van der Waals surface area contributed by atoms with Gasteiger partial charge in [0.15, 0.2) is 5.65 Å². The van der Waals surface area contributed by atoms with E-state index in [2.05, 4.69) is 38.8 Å². The van der Waals surface area contributed by atoms with Crippen LogP contribution in [0.25, 0.3) is 11.0 Å². The zero-order chi connectivity index (χ0) is 26.5. The van der Waals surface area contributed by atoms with Crippen LogP contribution in [0.15, 0.2) is 73.6 Å². The van der Waals surface area contributed by atoms with E-state index in [9.17, 15) is 9.59 Å². The van der Waals surface area contributed by atoms with E-state index in [0.29, 0.717) is 47.0 Å². The first kappa shape index (κ1) is 24.5. The van der Waals surface area contributed by atoms with Crippen molar-refractivity contribution in [3.63, 3.8) is 0 Å². The lowest BCUT2D eigenvalue weighted by Crippen LogP contribution is -2.40. The number of rotatable bonds is 5. The summed E-state index contributed by atoms with van der Waals surface area (Å²) in [6, 6.07) is 16.3. The number of carbonyl (C=O) groups is 2. The third-order valence-electron chi connectivity index (χ3n) is 6.11. The van der Waals surface area contributed by atoms with Crippen LogP contribution in [-0.2, 0) is 9.59 Å². The fraction of sp³-hybridized carbons (Fsp3) is 0.179. The molecule has 10 nitrogen and oxygen atoms in total. The van der Waals surface area contributed by atoms with E-state index in [0.717, 1.165) is 12.8 Å². The Labute approximate surface area is 219 Å². The number of nitrogen functional groups attached to an aromatic ring is 1. The van der Waals surface area contributed by atoms with Gasteiger partial charge in [-0.25, -0.2) is 14.6 Å². The molecule has 2 aromatic carbocycles. The first-order valence-corrected chi connectivity index (χ1v) is 12.1. The molecule has 0 aliphatic carbocycles. The second-order valence-electron chi connectivity index (χ2n) is 8.68. The third-order valence-corrected chi connectivity index (χ3v) is 6.11. The number of fused-ring (bicyclic) bond motifs is 1. The number of nitrogens with one attached hydrogen (secondary N) is 1. The molecular formula is C28H25N7O3. The van der Waals surface area contributed by atoms with Crippen molar-refractivity contribution in [1.82, 2.24) is 24.6 Å². The lowest BCUT2D eigenvalue weighted by Gasteiger charge is -2.32. The molecular weight excluding hydrogens is 482 g/mol. The first-order valence-electron chi connectivity index (χ1n) is 12.1. The highest BCUT2D eigenvalue weighted by molar-refractivity contribution is 6.05. The second-order valence-corrected chi connectivity index (χ2v) is 8.68. The molecule has 3 N–H and O–H groups in total. The molecule has 0 unspecified atom stereocenters. The number of hydrogen-bond acceptors (Lipinski definition) is 7. The number of anilines is 2. The fourth-order valence-corrected chi connectivity index (χ4v) is 4.36. The standard InChI is InChI=1S/C28H25N7O3/c1-2-25(37)34-15-7-9-20(17-34)35-28-26(27(29)30-18-31-28)23(33-35)13-14-24(36)32-19-8-6-12-22(16-19)38-21-10-4-3-5-11-21/h2-6,8,10-12,16,18,20H,1,7,9,15,17H2,(H,32,36)(H2,29,30,31)/t20-/m1/s1. The van der Waals surface area contributed by atoms with Crippen LogP contribution in [-0.4, -0.2) is 49.6 Å². The van der Waals surface area contributed by atoms with Crippen LogP contribution < -0.4 is 15.8 Å². The SMILES string of the molecule is C=CC(=O)N1CCC[C@@H](n2nc(C#CC(=O)Nc3cccc(Oc4ccccc4)c3)c3c(N)ncnc32)C1. The van der Waals surface area contributed by atoms with Crippen molar-refractivity contribution in [2.24, 2.45) is 0 Å². The summed E-state index contributed by atoms with van der Waals surface area (Å²) in [7, 11) is 0. The van der Waals surface area contributed by atoms with Gasteiger partial charge in [0.2, 0.25) is 5.91 Å². The van der Waals surface area contributed by atoms with Crippen LogP contribution in [0.1, 0.15) is 24.6 Å². The van der Waals surface area contributed by atoms with Crippen molar-refractivity contribution < 1.29 is 14.3 Å². The molecule has 1 aliphatic rings. The topological polar surface area (TPSA) is 128 Å². The minimum absolute atomic E-state index is 0.124. The molecule has 0 bridgehead atoms. The minimum Gasteiger partial charge on any atom is -0.457 e. The maximum absolute atomic E-state index is 12.7. The van der Waals surface area contributed by atoms with E-state index in [-0.39, 0.29) is 17.8 Å². The smallest absolute Gasteiger partial charge is 0.300 e. The highest BCUT2D eigenvalue weighted by atomic mass is 16.5. The molecule has 0 radical (unpaired) electrons. The average molecular weight is 508 g/mol. The number of aromatic nitrogens is 4. The minimum atomic E-state index is -0.527. The number of piperidine rings is 1. The van der Waals surface area contributed by atoms with Crippen LogP contribution in [0.3, 0.4) is 0 Å². The number of benzene rings is 2. The Balaban J connectivity index is 1.37. The van der Waals surface area contributed by atoms with Crippen LogP contribution in [0, 0.1) is 11.8 Å². The number of para-hydroxylation sites is 1. The molecule has 190 valence electrons. The van der Waals surface area contributed by atoms with Gasteiger partial charge >= 0.3 is 5.91 Å². The van der Waals surface area contributed by atoms with Gasteiger partial charge in [0, 0.05) is 30.8 Å². The quantitative estimate of drug-likeness (QED) is 0.312. The number of hydrogen-bond donors (Lipinski definition) is 2. The van der Waals surface area contributed by atoms with Crippen molar-refractivity contribution >= 4 is 34.4 Å². The predicted molar refractivity (Wildman–Crippen MR) is 143 cm³/mol. The molecule has 0 spiro atoms. The average Bonchev–Trinajstić information content (AvgIpc) is 3.32. The van der Waals surface area contributed by atoms with Crippen LogP contribution in [0.2, 0.25) is 0 Å². The summed E-state index contributed by atoms with van der Waals surface area (Å²) in [6.45, 7) is 4.69. The van der Waals surface area contributed by atoms with E-state index in [1.807, 2.05) is 30.3 Å². The second kappa shape index (κ2) is 10.8. The number of amides is 2. The number of ether oxygens (including phenoxy) is 1. The highest BCUT2D eigenvalue weighted by Crippen LogP contribution is 2.28. The summed E-state index contributed by atoms with van der Waals surface area (Å²) < 4.78 is 7.55. The van der Waals surface area contributed by atoms with Crippen LogP contribution in [0.4, 0.5) is 11.5 Å². The van der Waals surface area contributed by atoms with Crippen LogP contribution in [0.5, 0.6) is 11.5 Å². The van der Waals surface area contributed by atoms with E-state index in [1.165, 1.54) is 12.4 Å². The Bertz CT molecular complexity index is 1570. The maximum Gasteiger partial charge on any atom is 0.300 e. The zero-order valence-corrected chi connectivity index (χ0v) is 20.5. The number of nitrogens with two attached hydrogens (primary N) is 1.